The van der Waals surface area contributed by atoms with E-state index in [-0.39, 0.29) is 22.4 Å². The summed E-state index contributed by atoms with van der Waals surface area (Å²) in [6.07, 6.45) is -10.7. The number of hydrogen-bond donors (Lipinski definition) is 2. The average molecular weight is 567 g/mol. The smallest absolute Gasteiger partial charge is 0.378 e. The van der Waals surface area contributed by atoms with Crippen molar-refractivity contribution in [2.24, 2.45) is 16.1 Å². The van der Waals surface area contributed by atoms with Crippen molar-refractivity contribution >= 4 is 17.4 Å². The summed E-state index contributed by atoms with van der Waals surface area (Å²) < 4.78 is 86.5. The van der Waals surface area contributed by atoms with Gasteiger partial charge in [-0.3, -0.25) is 9.79 Å². The number of rotatable bonds is 4. The van der Waals surface area contributed by atoms with Crippen LogP contribution >= 0.6 is 0 Å². The number of nitrogens with two attached hydrogens (primary N) is 1. The van der Waals surface area contributed by atoms with Crippen molar-refractivity contribution in [3.8, 4) is 23.0 Å². The molecule has 0 bridgehead atoms. The standard InChI is InChI=1S/C27H24F6N4O3/c1-25(24(34)39)8-9-35-23(27(31,32)33)22(25)19-5-3-2-4-18(19)16-14-17(6-7-20(38)26(28,29)30)36-21(15-16)37-10-12-40-13-11-37/h2-5,8-9,14-15,20,22,38H,10-13H2,1H3,(H2,34,39)/t20-,22?,25?/m1/s1. The molecule has 13 heteroatoms. The average Bonchev–Trinajstić information content (AvgIpc) is 2.90. The lowest BCUT2D eigenvalue weighted by molar-refractivity contribution is -0.184. The maximum atomic E-state index is 14.2. The Morgan fingerprint density at radius 2 is 1.85 bits per heavy atom. The van der Waals surface area contributed by atoms with Crippen LogP contribution in [0.3, 0.4) is 0 Å². The van der Waals surface area contributed by atoms with Crippen molar-refractivity contribution in [2.75, 3.05) is 31.2 Å². The molecule has 1 aromatic carbocycles. The first-order chi connectivity index (χ1) is 18.7. The Hall–Kier alpha value is -3.89. The van der Waals surface area contributed by atoms with E-state index in [0.717, 1.165) is 6.20 Å². The molecular weight excluding hydrogens is 542 g/mol. The molecule has 212 valence electrons. The van der Waals surface area contributed by atoms with Crippen molar-refractivity contribution in [3.05, 3.63) is 59.9 Å². The molecule has 1 saturated heterocycles. The van der Waals surface area contributed by atoms with Gasteiger partial charge in [-0.25, -0.2) is 4.98 Å². The summed E-state index contributed by atoms with van der Waals surface area (Å²) in [7, 11) is 0. The van der Waals surface area contributed by atoms with Gasteiger partial charge in [-0.2, -0.15) is 26.3 Å². The predicted molar refractivity (Wildman–Crippen MR) is 134 cm³/mol. The van der Waals surface area contributed by atoms with Gasteiger partial charge in [0.2, 0.25) is 12.0 Å². The summed E-state index contributed by atoms with van der Waals surface area (Å²) in [5, 5.41) is 9.36. The van der Waals surface area contributed by atoms with E-state index in [9.17, 15) is 36.2 Å². The second kappa shape index (κ2) is 10.9. The first-order valence-electron chi connectivity index (χ1n) is 12.0. The maximum Gasteiger partial charge on any atom is 0.430 e. The lowest BCUT2D eigenvalue weighted by Crippen LogP contribution is -2.46. The van der Waals surface area contributed by atoms with E-state index in [2.05, 4.69) is 15.9 Å². The predicted octanol–water partition coefficient (Wildman–Crippen LogP) is 3.97. The first-order valence-corrected chi connectivity index (χ1v) is 12.0. The minimum absolute atomic E-state index is 0.0672. The van der Waals surface area contributed by atoms with Crippen LogP contribution in [-0.4, -0.2) is 66.5 Å². The number of alkyl halides is 6. The van der Waals surface area contributed by atoms with E-state index in [1.807, 2.05) is 0 Å². The summed E-state index contributed by atoms with van der Waals surface area (Å²) in [6, 6.07) is 8.87. The number of pyridine rings is 1. The SMILES string of the molecule is CC1(C(N)=O)C=CN=C(C(F)(F)F)C1c1ccccc1-c1cc(C#C[C@@H](O)C(F)(F)F)nc(N2CCOCC2)c1. The second-order valence-electron chi connectivity index (χ2n) is 9.41. The Morgan fingerprint density at radius 1 is 1.18 bits per heavy atom. The molecule has 0 aliphatic carbocycles. The Bertz CT molecular complexity index is 1400. The Kier molecular flexibility index (Phi) is 7.96. The highest BCUT2D eigenvalue weighted by Crippen LogP contribution is 2.47. The molecule has 0 spiro atoms. The topological polar surface area (TPSA) is 101 Å². The van der Waals surface area contributed by atoms with Crippen molar-refractivity contribution in [1.82, 2.24) is 4.98 Å². The number of amides is 1. The van der Waals surface area contributed by atoms with E-state index >= 15 is 0 Å². The molecule has 2 aliphatic heterocycles. The normalized spacial score (nSPS) is 22.2. The molecule has 40 heavy (non-hydrogen) atoms. The second-order valence-corrected chi connectivity index (χ2v) is 9.41. The number of morpholine rings is 1. The number of halogens is 6. The zero-order chi connectivity index (χ0) is 29.3. The molecule has 1 amide bonds. The van der Waals surface area contributed by atoms with Crippen molar-refractivity contribution in [1.29, 1.82) is 0 Å². The number of aliphatic imine (C=N–C) groups is 1. The highest BCUT2D eigenvalue weighted by atomic mass is 19.4. The van der Waals surface area contributed by atoms with Gasteiger partial charge < -0.3 is 20.5 Å². The van der Waals surface area contributed by atoms with Crippen LogP contribution in [0.15, 0.2) is 53.7 Å². The molecule has 3 atom stereocenters. The lowest BCUT2D eigenvalue weighted by Gasteiger charge is -2.37. The van der Waals surface area contributed by atoms with E-state index in [0.29, 0.717) is 32.1 Å². The molecule has 4 rings (SSSR count). The number of aromatic nitrogens is 1. The molecule has 3 N–H and O–H groups in total. The number of carbonyl (C=O) groups excluding carboxylic acids is 1. The molecule has 1 aromatic heterocycles. The van der Waals surface area contributed by atoms with E-state index in [4.69, 9.17) is 10.5 Å². The number of anilines is 1. The van der Waals surface area contributed by atoms with Crippen LogP contribution in [-0.2, 0) is 9.53 Å². The Labute approximate surface area is 225 Å². The minimum Gasteiger partial charge on any atom is -0.378 e. The zero-order valence-corrected chi connectivity index (χ0v) is 21.1. The van der Waals surface area contributed by atoms with E-state index in [1.54, 1.807) is 23.0 Å². The summed E-state index contributed by atoms with van der Waals surface area (Å²) in [5.74, 6) is 1.61. The van der Waals surface area contributed by atoms with Crippen LogP contribution in [0.4, 0.5) is 32.2 Å². The Balaban J connectivity index is 1.92. The minimum atomic E-state index is -4.98. The number of nitrogens with zero attached hydrogens (tertiary/aromatic N) is 3. The van der Waals surface area contributed by atoms with Gasteiger partial charge in [-0.1, -0.05) is 30.2 Å². The highest BCUT2D eigenvalue weighted by molar-refractivity contribution is 6.04. The van der Waals surface area contributed by atoms with Crippen molar-refractivity contribution in [3.63, 3.8) is 0 Å². The van der Waals surface area contributed by atoms with Gasteiger partial charge in [-0.15, -0.1) is 0 Å². The van der Waals surface area contributed by atoms with Crippen LogP contribution in [0.25, 0.3) is 11.1 Å². The first kappa shape index (κ1) is 29.1. The monoisotopic (exact) mass is 566 g/mol. The molecule has 3 heterocycles. The summed E-state index contributed by atoms with van der Waals surface area (Å²) in [5.41, 5.74) is 3.01. The van der Waals surface area contributed by atoms with Gasteiger partial charge in [-0.05, 0) is 47.7 Å². The molecule has 0 saturated carbocycles. The number of benzene rings is 1. The third kappa shape index (κ3) is 5.97. The fourth-order valence-electron chi connectivity index (χ4n) is 4.58. The van der Waals surface area contributed by atoms with Crippen LogP contribution in [0.2, 0.25) is 0 Å². The van der Waals surface area contributed by atoms with Crippen molar-refractivity contribution < 1.29 is 41.0 Å². The number of carbonyl (C=O) groups is 1. The molecule has 7 nitrogen and oxygen atoms in total. The van der Waals surface area contributed by atoms with Gasteiger partial charge in [0, 0.05) is 25.2 Å². The molecule has 2 aliphatic rings. The molecular formula is C27H24F6N4O3. The van der Waals surface area contributed by atoms with Gasteiger partial charge in [0.15, 0.2) is 0 Å². The molecule has 2 aromatic rings. The van der Waals surface area contributed by atoms with Crippen molar-refractivity contribution in [2.45, 2.75) is 31.3 Å². The van der Waals surface area contributed by atoms with E-state index < -0.39 is 41.4 Å². The van der Waals surface area contributed by atoms with Gasteiger partial charge in [0.25, 0.3) is 0 Å². The summed E-state index contributed by atoms with van der Waals surface area (Å²) in [6.45, 7) is 2.79. The molecule has 0 radical (unpaired) electrons. The largest absolute Gasteiger partial charge is 0.430 e. The van der Waals surface area contributed by atoms with Crippen LogP contribution < -0.4 is 10.6 Å². The number of primary amides is 1. The summed E-state index contributed by atoms with van der Waals surface area (Å²) in [4.78, 5) is 22.2. The van der Waals surface area contributed by atoms with Crippen LogP contribution in [0.1, 0.15) is 24.1 Å². The molecule has 1 fully saturated rings. The lowest BCUT2D eigenvalue weighted by atomic mass is 9.67. The fraction of sp³-hybridized carbons (Fsp3) is 0.370. The zero-order valence-electron chi connectivity index (χ0n) is 21.1. The van der Waals surface area contributed by atoms with Gasteiger partial charge in [0.1, 0.15) is 17.2 Å². The number of hydrogen-bond acceptors (Lipinski definition) is 6. The highest BCUT2D eigenvalue weighted by Gasteiger charge is 2.52. The molecule has 2 unspecified atom stereocenters. The summed E-state index contributed by atoms with van der Waals surface area (Å²) >= 11 is 0. The quantitative estimate of drug-likeness (QED) is 0.431. The van der Waals surface area contributed by atoms with E-state index in [1.165, 1.54) is 37.3 Å². The van der Waals surface area contributed by atoms with Crippen LogP contribution in [0.5, 0.6) is 0 Å². The number of ether oxygens (including phenoxy) is 1. The van der Waals surface area contributed by atoms with Gasteiger partial charge in [0.05, 0.1) is 18.6 Å². The van der Waals surface area contributed by atoms with Gasteiger partial charge >= 0.3 is 12.4 Å². The number of aliphatic hydroxyl groups excluding tert-OH is 1. The maximum absolute atomic E-state index is 14.2. The number of aliphatic hydroxyl groups is 1. The van der Waals surface area contributed by atoms with Crippen LogP contribution in [0, 0.1) is 17.3 Å². The Morgan fingerprint density at radius 3 is 2.48 bits per heavy atom. The third-order valence-corrected chi connectivity index (χ3v) is 6.71. The fourth-order valence-corrected chi connectivity index (χ4v) is 4.58. The third-order valence-electron chi connectivity index (χ3n) is 6.71.